The van der Waals surface area contributed by atoms with Crippen LogP contribution in [0.25, 0.3) is 0 Å². The molecular weight excluding hydrogens is 364 g/mol. The molecule has 27 heavy (non-hydrogen) atoms. The van der Waals surface area contributed by atoms with Gasteiger partial charge in [-0.2, -0.15) is 0 Å². The molecule has 2 aromatic rings. The zero-order valence-corrected chi connectivity index (χ0v) is 13.2. The summed E-state index contributed by atoms with van der Waals surface area (Å²) in [5, 5.41) is 36.1. The van der Waals surface area contributed by atoms with E-state index in [0.29, 0.717) is 0 Å². The molecule has 0 saturated heterocycles. The summed E-state index contributed by atoms with van der Waals surface area (Å²) in [6.45, 7) is 0. The molecule has 0 aliphatic heterocycles. The van der Waals surface area contributed by atoms with Crippen LogP contribution in [0.4, 0.5) is 0 Å². The first kappa shape index (κ1) is 19.1. The summed E-state index contributed by atoms with van der Waals surface area (Å²) < 4.78 is 4.91. The van der Waals surface area contributed by atoms with Crippen molar-refractivity contribution in [2.24, 2.45) is 0 Å². The molecule has 10 heteroatoms. The molecule has 0 aliphatic carbocycles. The van der Waals surface area contributed by atoms with Crippen molar-refractivity contribution >= 4 is 29.8 Å². The van der Waals surface area contributed by atoms with Gasteiger partial charge in [-0.25, -0.2) is 24.0 Å². The lowest BCUT2D eigenvalue weighted by atomic mass is 10.0. The minimum atomic E-state index is -1.57. The molecule has 0 saturated carbocycles. The highest BCUT2D eigenvalue weighted by Crippen LogP contribution is 2.21. The second-order valence-corrected chi connectivity index (χ2v) is 5.08. The fraction of sp³-hybridized carbons (Fsp3) is 0. The van der Waals surface area contributed by atoms with Gasteiger partial charge >= 0.3 is 29.8 Å². The molecule has 2 rings (SSSR count). The van der Waals surface area contributed by atoms with Crippen LogP contribution in [0.15, 0.2) is 36.4 Å². The van der Waals surface area contributed by atoms with Crippen LogP contribution in [0.1, 0.15) is 51.8 Å². The Labute approximate surface area is 149 Å². The van der Waals surface area contributed by atoms with Crippen molar-refractivity contribution in [3.63, 3.8) is 0 Å². The van der Waals surface area contributed by atoms with Gasteiger partial charge in [0, 0.05) is 0 Å². The molecule has 0 fully saturated rings. The Balaban J connectivity index is 2.42. The van der Waals surface area contributed by atoms with E-state index < -0.39 is 52.1 Å². The summed E-state index contributed by atoms with van der Waals surface area (Å²) in [5.41, 5.74) is -2.61. The standard InChI is InChI=1S/C17H10O10/c18-13(19)7-1-3-10(11(5-7)15(22)23)17(26)27-8-2-4-9(14(20)21)12(6-8)16(24)25/h1-6H,(H,18,19)(H,20,21)(H,22,23)(H,24,25). The summed E-state index contributed by atoms with van der Waals surface area (Å²) >= 11 is 0. The van der Waals surface area contributed by atoms with Gasteiger partial charge in [0.15, 0.2) is 0 Å². The number of hydrogen-bond donors (Lipinski definition) is 4. The van der Waals surface area contributed by atoms with E-state index in [1.807, 2.05) is 0 Å². The van der Waals surface area contributed by atoms with Crippen LogP contribution < -0.4 is 4.74 Å². The van der Waals surface area contributed by atoms with Gasteiger partial charge in [-0.1, -0.05) is 0 Å². The lowest BCUT2D eigenvalue weighted by Gasteiger charge is -2.09. The predicted molar refractivity (Wildman–Crippen MR) is 85.7 cm³/mol. The zero-order chi connectivity index (χ0) is 20.3. The second-order valence-electron chi connectivity index (χ2n) is 5.08. The molecule has 0 amide bonds. The molecule has 0 aliphatic rings. The van der Waals surface area contributed by atoms with Crippen molar-refractivity contribution in [1.82, 2.24) is 0 Å². The summed E-state index contributed by atoms with van der Waals surface area (Å²) in [6.07, 6.45) is 0. The zero-order valence-electron chi connectivity index (χ0n) is 13.2. The highest BCUT2D eigenvalue weighted by molar-refractivity contribution is 6.05. The van der Waals surface area contributed by atoms with E-state index in [0.717, 1.165) is 36.4 Å². The number of benzene rings is 2. The van der Waals surface area contributed by atoms with Crippen LogP contribution in [0.5, 0.6) is 5.75 Å². The van der Waals surface area contributed by atoms with Gasteiger partial charge in [0.25, 0.3) is 0 Å². The number of carbonyl (C=O) groups excluding carboxylic acids is 1. The summed E-state index contributed by atoms with van der Waals surface area (Å²) in [4.78, 5) is 56.6. The summed E-state index contributed by atoms with van der Waals surface area (Å²) in [6, 6.07) is 5.47. The van der Waals surface area contributed by atoms with Crippen molar-refractivity contribution in [3.05, 3.63) is 64.2 Å². The quantitative estimate of drug-likeness (QED) is 0.430. The van der Waals surface area contributed by atoms with Gasteiger partial charge in [0.1, 0.15) is 5.75 Å². The Bertz CT molecular complexity index is 989. The van der Waals surface area contributed by atoms with Crippen LogP contribution in [0, 0.1) is 0 Å². The first-order valence-corrected chi connectivity index (χ1v) is 7.05. The minimum Gasteiger partial charge on any atom is -0.478 e. The average Bonchev–Trinajstić information content (AvgIpc) is 2.60. The topological polar surface area (TPSA) is 175 Å². The van der Waals surface area contributed by atoms with Gasteiger partial charge in [-0.05, 0) is 36.4 Å². The van der Waals surface area contributed by atoms with Gasteiger partial charge in [-0.15, -0.1) is 0 Å². The van der Waals surface area contributed by atoms with Crippen LogP contribution in [0.3, 0.4) is 0 Å². The lowest BCUT2D eigenvalue weighted by Crippen LogP contribution is -2.16. The number of aromatic carboxylic acids is 4. The molecule has 2 aromatic carbocycles. The van der Waals surface area contributed by atoms with E-state index in [1.54, 1.807) is 0 Å². The van der Waals surface area contributed by atoms with E-state index in [9.17, 15) is 24.0 Å². The van der Waals surface area contributed by atoms with Crippen LogP contribution in [-0.2, 0) is 0 Å². The Kier molecular flexibility index (Phi) is 5.21. The van der Waals surface area contributed by atoms with E-state index >= 15 is 0 Å². The number of esters is 1. The molecule has 0 spiro atoms. The summed E-state index contributed by atoms with van der Waals surface area (Å²) in [5.74, 6) is -7.56. The molecule has 0 bridgehead atoms. The Morgan fingerprint density at radius 3 is 1.63 bits per heavy atom. The first-order chi connectivity index (χ1) is 12.6. The number of hydrogen-bond acceptors (Lipinski definition) is 6. The van der Waals surface area contributed by atoms with E-state index in [2.05, 4.69) is 0 Å². The average molecular weight is 374 g/mol. The number of rotatable bonds is 6. The van der Waals surface area contributed by atoms with Crippen LogP contribution >= 0.6 is 0 Å². The van der Waals surface area contributed by atoms with Gasteiger partial charge in [0.2, 0.25) is 0 Å². The molecule has 10 nitrogen and oxygen atoms in total. The first-order valence-electron chi connectivity index (χ1n) is 7.05. The molecule has 4 N–H and O–H groups in total. The van der Waals surface area contributed by atoms with Crippen molar-refractivity contribution in [3.8, 4) is 5.75 Å². The van der Waals surface area contributed by atoms with Gasteiger partial charge in [-0.3, -0.25) is 0 Å². The third-order valence-corrected chi connectivity index (χ3v) is 3.38. The maximum absolute atomic E-state index is 12.2. The smallest absolute Gasteiger partial charge is 0.344 e. The molecule has 138 valence electrons. The van der Waals surface area contributed by atoms with E-state index in [1.165, 1.54) is 0 Å². The minimum absolute atomic E-state index is 0.332. The number of carboxylic acids is 4. The molecule has 0 atom stereocenters. The maximum atomic E-state index is 12.2. The van der Waals surface area contributed by atoms with Crippen molar-refractivity contribution < 1.29 is 49.1 Å². The van der Waals surface area contributed by atoms with Crippen molar-refractivity contribution in [2.75, 3.05) is 0 Å². The molecule has 0 radical (unpaired) electrons. The van der Waals surface area contributed by atoms with Crippen LogP contribution in [-0.4, -0.2) is 50.3 Å². The number of ether oxygens (including phenoxy) is 1. The third kappa shape index (κ3) is 4.07. The lowest BCUT2D eigenvalue weighted by molar-refractivity contribution is 0.0648. The highest BCUT2D eigenvalue weighted by Gasteiger charge is 2.22. The second kappa shape index (κ2) is 7.35. The Hall–Kier alpha value is -4.21. The SMILES string of the molecule is O=C(O)c1ccc(C(=O)Oc2ccc(C(=O)O)c(C(=O)O)c2)c(C(=O)O)c1. The fourth-order valence-electron chi connectivity index (χ4n) is 2.14. The summed E-state index contributed by atoms with van der Waals surface area (Å²) in [7, 11) is 0. The molecule has 0 unspecified atom stereocenters. The van der Waals surface area contributed by atoms with Gasteiger partial charge < -0.3 is 25.2 Å². The maximum Gasteiger partial charge on any atom is 0.344 e. The monoisotopic (exact) mass is 374 g/mol. The third-order valence-electron chi connectivity index (χ3n) is 3.38. The molecule has 0 heterocycles. The Morgan fingerprint density at radius 1 is 0.593 bits per heavy atom. The number of carboxylic acid groups (broad SMARTS) is 4. The largest absolute Gasteiger partial charge is 0.478 e. The van der Waals surface area contributed by atoms with Crippen LogP contribution in [0.2, 0.25) is 0 Å². The fourth-order valence-corrected chi connectivity index (χ4v) is 2.14. The van der Waals surface area contributed by atoms with E-state index in [-0.39, 0.29) is 11.3 Å². The predicted octanol–water partition coefficient (Wildman–Crippen LogP) is 1.70. The normalized spacial score (nSPS) is 10.1. The van der Waals surface area contributed by atoms with E-state index in [4.69, 9.17) is 25.2 Å². The van der Waals surface area contributed by atoms with Crippen molar-refractivity contribution in [1.29, 1.82) is 0 Å². The highest BCUT2D eigenvalue weighted by atomic mass is 16.5. The molecular formula is C17H10O10. The Morgan fingerprint density at radius 2 is 1.11 bits per heavy atom. The van der Waals surface area contributed by atoms with Crippen molar-refractivity contribution in [2.45, 2.75) is 0 Å². The number of carbonyl (C=O) groups is 5. The van der Waals surface area contributed by atoms with Gasteiger partial charge in [0.05, 0.1) is 27.8 Å². The molecule has 0 aromatic heterocycles.